The lowest BCUT2D eigenvalue weighted by atomic mass is 9.79. The first-order valence-corrected chi connectivity index (χ1v) is 12.5. The van der Waals surface area contributed by atoms with Crippen LogP contribution in [0.15, 0.2) is 85.1 Å². The Morgan fingerprint density at radius 3 is 2.17 bits per heavy atom. The van der Waals surface area contributed by atoms with E-state index >= 15 is 0 Å². The zero-order valence-electron chi connectivity index (χ0n) is 20.7. The minimum absolute atomic E-state index is 0.0124. The summed E-state index contributed by atoms with van der Waals surface area (Å²) in [5.74, 6) is -5.91. The first-order chi connectivity index (χ1) is 18.7. The molecule has 0 aliphatic heterocycles. The number of carbonyl (C=O) groups excluding carboxylic acids is 1. The number of hydrogen-bond donors (Lipinski definition) is 1. The van der Waals surface area contributed by atoms with E-state index in [4.69, 9.17) is 23.2 Å². The molecule has 0 bridgehead atoms. The fourth-order valence-electron chi connectivity index (χ4n) is 4.30. The predicted octanol–water partition coefficient (Wildman–Crippen LogP) is 8.57. The van der Waals surface area contributed by atoms with E-state index in [0.29, 0.717) is 24.6 Å². The van der Waals surface area contributed by atoms with Crippen LogP contribution in [0.1, 0.15) is 45.2 Å². The average molecular weight is 597 g/mol. The molecule has 11 heteroatoms. The lowest BCUT2D eigenvalue weighted by Gasteiger charge is -2.36. The SMILES string of the molecule is CC(F)(F)c1ccc(Cl)c(C(Cc2ccccc2)(NC(=O)c2ccc(F)c(C(F)(F)F)c2)c2ccc(Cl)cn2)c1. The molecule has 1 heterocycles. The summed E-state index contributed by atoms with van der Waals surface area (Å²) in [4.78, 5) is 17.9. The first-order valence-electron chi connectivity index (χ1n) is 11.7. The van der Waals surface area contributed by atoms with Crippen LogP contribution in [0.25, 0.3) is 0 Å². The summed E-state index contributed by atoms with van der Waals surface area (Å²) in [7, 11) is 0. The van der Waals surface area contributed by atoms with Crippen LogP contribution >= 0.6 is 23.2 Å². The third kappa shape index (κ3) is 6.26. The fourth-order valence-corrected chi connectivity index (χ4v) is 4.70. The van der Waals surface area contributed by atoms with Crippen LogP contribution in [0.4, 0.5) is 26.3 Å². The molecule has 1 atom stereocenters. The van der Waals surface area contributed by atoms with Gasteiger partial charge in [-0.25, -0.2) is 13.2 Å². The van der Waals surface area contributed by atoms with Crippen molar-refractivity contribution < 1.29 is 31.1 Å². The summed E-state index contributed by atoms with van der Waals surface area (Å²) in [6, 6.07) is 16.8. The number of pyridine rings is 1. The van der Waals surface area contributed by atoms with E-state index in [0.717, 1.165) is 18.2 Å². The number of carbonyl (C=O) groups is 1. The number of amides is 1. The summed E-state index contributed by atoms with van der Waals surface area (Å²) in [6.07, 6.45) is -3.89. The molecule has 1 N–H and O–H groups in total. The molecule has 0 spiro atoms. The summed E-state index contributed by atoms with van der Waals surface area (Å²) in [6.45, 7) is 0.690. The van der Waals surface area contributed by atoms with Gasteiger partial charge in [0.2, 0.25) is 0 Å². The molecule has 1 amide bonds. The molecule has 0 saturated carbocycles. The minimum atomic E-state index is -5.07. The Labute approximate surface area is 235 Å². The van der Waals surface area contributed by atoms with Gasteiger partial charge >= 0.3 is 6.18 Å². The van der Waals surface area contributed by atoms with Crippen molar-refractivity contribution in [2.45, 2.75) is 31.0 Å². The van der Waals surface area contributed by atoms with Gasteiger partial charge in [-0.15, -0.1) is 0 Å². The maximum Gasteiger partial charge on any atom is 0.419 e. The third-order valence-electron chi connectivity index (χ3n) is 6.27. The largest absolute Gasteiger partial charge is 0.419 e. The predicted molar refractivity (Wildman–Crippen MR) is 140 cm³/mol. The molecule has 0 aliphatic rings. The van der Waals surface area contributed by atoms with E-state index in [-0.39, 0.29) is 27.7 Å². The van der Waals surface area contributed by atoms with E-state index < -0.39 is 46.1 Å². The molecule has 4 rings (SSSR count). The number of halogens is 8. The maximum absolute atomic E-state index is 14.5. The van der Waals surface area contributed by atoms with Gasteiger partial charge in [0.05, 0.1) is 16.3 Å². The number of rotatable bonds is 7. The highest BCUT2D eigenvalue weighted by Crippen LogP contribution is 2.40. The number of aromatic nitrogens is 1. The van der Waals surface area contributed by atoms with Crippen molar-refractivity contribution in [2.24, 2.45) is 0 Å². The molecule has 40 heavy (non-hydrogen) atoms. The Kier molecular flexibility index (Phi) is 8.19. The number of alkyl halides is 5. The van der Waals surface area contributed by atoms with E-state index in [1.54, 1.807) is 30.3 Å². The van der Waals surface area contributed by atoms with Gasteiger partial charge in [-0.1, -0.05) is 59.6 Å². The Morgan fingerprint density at radius 1 is 0.875 bits per heavy atom. The quantitative estimate of drug-likeness (QED) is 0.217. The van der Waals surface area contributed by atoms with E-state index in [1.165, 1.54) is 24.4 Å². The average Bonchev–Trinajstić information content (AvgIpc) is 2.88. The minimum Gasteiger partial charge on any atom is -0.336 e. The van der Waals surface area contributed by atoms with Crippen LogP contribution in [0, 0.1) is 5.82 Å². The second-order valence-corrected chi connectivity index (χ2v) is 10.0. The highest BCUT2D eigenvalue weighted by molar-refractivity contribution is 6.31. The van der Waals surface area contributed by atoms with Crippen LogP contribution in [0.3, 0.4) is 0 Å². The summed E-state index contributed by atoms with van der Waals surface area (Å²) < 4.78 is 83.1. The van der Waals surface area contributed by atoms with Gasteiger partial charge in [-0.3, -0.25) is 9.78 Å². The van der Waals surface area contributed by atoms with E-state index in [9.17, 15) is 31.1 Å². The number of nitrogens with one attached hydrogen (secondary N) is 1. The topological polar surface area (TPSA) is 42.0 Å². The molecule has 0 radical (unpaired) electrons. The molecular weight excluding hydrogens is 577 g/mol. The molecule has 1 unspecified atom stereocenters. The van der Waals surface area contributed by atoms with Crippen molar-refractivity contribution in [1.29, 1.82) is 0 Å². The van der Waals surface area contributed by atoms with Crippen molar-refractivity contribution in [3.05, 3.63) is 134 Å². The monoisotopic (exact) mass is 596 g/mol. The highest BCUT2D eigenvalue weighted by Gasteiger charge is 2.42. The van der Waals surface area contributed by atoms with Crippen molar-refractivity contribution in [3.8, 4) is 0 Å². The molecule has 0 saturated heterocycles. The van der Waals surface area contributed by atoms with E-state index in [1.807, 2.05) is 0 Å². The van der Waals surface area contributed by atoms with Crippen molar-refractivity contribution in [3.63, 3.8) is 0 Å². The van der Waals surface area contributed by atoms with Gasteiger partial charge in [-0.05, 0) is 48.0 Å². The Morgan fingerprint density at radius 2 is 1.57 bits per heavy atom. The van der Waals surface area contributed by atoms with Gasteiger partial charge in [-0.2, -0.15) is 13.2 Å². The lowest BCUT2D eigenvalue weighted by molar-refractivity contribution is -0.140. The van der Waals surface area contributed by atoms with Crippen LogP contribution in [-0.4, -0.2) is 10.9 Å². The zero-order valence-corrected chi connectivity index (χ0v) is 22.2. The molecule has 0 fully saturated rings. The first kappa shape index (κ1) is 29.4. The number of hydrogen-bond acceptors (Lipinski definition) is 2. The van der Waals surface area contributed by atoms with Crippen LogP contribution in [0.2, 0.25) is 10.0 Å². The summed E-state index contributed by atoms with van der Waals surface area (Å²) >= 11 is 12.6. The highest BCUT2D eigenvalue weighted by atomic mass is 35.5. The van der Waals surface area contributed by atoms with Gasteiger partial charge in [0, 0.05) is 41.3 Å². The molecule has 3 aromatic carbocycles. The molecular formula is C29H20Cl2F6N2O. The maximum atomic E-state index is 14.5. The Hall–Kier alpha value is -3.56. The summed E-state index contributed by atoms with van der Waals surface area (Å²) in [5, 5.41) is 2.92. The standard InChI is InChI=1S/C29H20Cl2F6N2O/c1-27(33,34)19-8-10-23(31)21(14-19)28(15-17-5-3-2-4-6-17,25-12-9-20(30)16-38-25)39-26(40)18-7-11-24(32)22(13-18)29(35,36)37/h2-14,16H,15H2,1H3,(H,39,40). The van der Waals surface area contributed by atoms with Crippen molar-refractivity contribution in [1.82, 2.24) is 10.3 Å². The third-order valence-corrected chi connectivity index (χ3v) is 6.82. The van der Waals surface area contributed by atoms with Gasteiger partial charge in [0.1, 0.15) is 11.4 Å². The van der Waals surface area contributed by atoms with Crippen LogP contribution < -0.4 is 5.32 Å². The Bertz CT molecular complexity index is 1520. The smallest absolute Gasteiger partial charge is 0.336 e. The van der Waals surface area contributed by atoms with Gasteiger partial charge in [0.25, 0.3) is 11.8 Å². The van der Waals surface area contributed by atoms with Gasteiger partial charge in [0.15, 0.2) is 0 Å². The number of nitrogens with zero attached hydrogens (tertiary/aromatic N) is 1. The number of benzene rings is 3. The lowest BCUT2D eigenvalue weighted by Crippen LogP contribution is -2.49. The molecule has 208 valence electrons. The molecule has 0 aliphatic carbocycles. The van der Waals surface area contributed by atoms with Gasteiger partial charge < -0.3 is 5.32 Å². The Balaban J connectivity index is 1.99. The second-order valence-electron chi connectivity index (χ2n) is 9.16. The molecule has 4 aromatic rings. The van der Waals surface area contributed by atoms with Crippen molar-refractivity contribution >= 4 is 29.1 Å². The molecule has 1 aromatic heterocycles. The summed E-state index contributed by atoms with van der Waals surface area (Å²) in [5.41, 5.74) is -3.62. The van der Waals surface area contributed by atoms with Crippen molar-refractivity contribution in [2.75, 3.05) is 0 Å². The normalized spacial score (nSPS) is 13.5. The zero-order chi connectivity index (χ0) is 29.3. The van der Waals surface area contributed by atoms with Crippen LogP contribution in [-0.2, 0) is 24.1 Å². The van der Waals surface area contributed by atoms with Crippen LogP contribution in [0.5, 0.6) is 0 Å². The fraction of sp³-hybridized carbons (Fsp3) is 0.172. The van der Waals surface area contributed by atoms with E-state index in [2.05, 4.69) is 10.3 Å². The second kappa shape index (κ2) is 11.1. The molecule has 3 nitrogen and oxygen atoms in total.